The van der Waals surface area contributed by atoms with Gasteiger partial charge in [0.1, 0.15) is 17.4 Å². The van der Waals surface area contributed by atoms with Crippen LogP contribution in [0, 0.1) is 11.6 Å². The molecule has 2 fully saturated rings. The molecule has 196 valence electrons. The highest BCUT2D eigenvalue weighted by Crippen LogP contribution is 2.36. The highest BCUT2D eigenvalue weighted by atomic mass is 19.1. The highest BCUT2D eigenvalue weighted by Gasteiger charge is 2.39. The van der Waals surface area contributed by atoms with E-state index >= 15 is 0 Å². The lowest BCUT2D eigenvalue weighted by molar-refractivity contribution is 0.0672. The minimum absolute atomic E-state index is 0.00800. The van der Waals surface area contributed by atoms with Crippen LogP contribution >= 0.6 is 0 Å². The van der Waals surface area contributed by atoms with Crippen molar-refractivity contribution in [1.29, 1.82) is 0 Å². The van der Waals surface area contributed by atoms with Crippen LogP contribution in [0.2, 0.25) is 0 Å². The van der Waals surface area contributed by atoms with Crippen molar-refractivity contribution in [3.8, 4) is 0 Å². The molecule has 2 saturated heterocycles. The van der Waals surface area contributed by atoms with Gasteiger partial charge in [-0.2, -0.15) is 0 Å². The summed E-state index contributed by atoms with van der Waals surface area (Å²) in [7, 11) is 1.88. The third-order valence-electron chi connectivity index (χ3n) is 8.02. The number of nitrogens with one attached hydrogen (secondary N) is 1. The van der Waals surface area contributed by atoms with Crippen molar-refractivity contribution in [3.05, 3.63) is 94.9 Å². The highest BCUT2D eigenvalue weighted by molar-refractivity contribution is 5.92. The van der Waals surface area contributed by atoms with E-state index in [1.807, 2.05) is 36.2 Å². The topological polar surface area (TPSA) is 48.7 Å². The van der Waals surface area contributed by atoms with Crippen molar-refractivity contribution in [2.24, 2.45) is 0 Å². The lowest BCUT2D eigenvalue weighted by Crippen LogP contribution is -2.42. The number of nitrogens with zero attached hydrogens (tertiary/aromatic N) is 2. The van der Waals surface area contributed by atoms with Crippen molar-refractivity contribution < 1.29 is 18.0 Å². The Balaban J connectivity index is 1.33. The molecule has 0 radical (unpaired) electrons. The standard InChI is InChI=1S/C30H35F2N3O2/c1-3-27(33-2)28-11-12-29(37-28)30(36)35-18-23(20-7-9-24(31)10-8-20)16-26(35)19-34-14-13-22(17-34)21-5-4-6-25(32)15-21/h4-12,15,22-23,26-27,33H,3,13-14,16-19H2,1-2H3/t22-,23-,26-,27?/m0/s1. The number of furan rings is 1. The molecule has 3 heterocycles. The van der Waals surface area contributed by atoms with Crippen LogP contribution < -0.4 is 5.32 Å². The number of likely N-dealkylation sites (tertiary alicyclic amines) is 2. The zero-order valence-corrected chi connectivity index (χ0v) is 21.5. The fourth-order valence-electron chi connectivity index (χ4n) is 5.99. The van der Waals surface area contributed by atoms with E-state index in [1.165, 1.54) is 18.2 Å². The maximum Gasteiger partial charge on any atom is 0.289 e. The van der Waals surface area contributed by atoms with E-state index in [0.29, 0.717) is 12.3 Å². The molecule has 4 atom stereocenters. The average molecular weight is 508 g/mol. The first-order valence-electron chi connectivity index (χ1n) is 13.3. The molecule has 0 spiro atoms. The van der Waals surface area contributed by atoms with Gasteiger partial charge in [0.05, 0.1) is 6.04 Å². The Labute approximate surface area is 217 Å². The Morgan fingerprint density at radius 1 is 1.03 bits per heavy atom. The maximum atomic E-state index is 13.8. The molecule has 5 rings (SSSR count). The second kappa shape index (κ2) is 11.2. The first-order chi connectivity index (χ1) is 17.9. The molecule has 2 aliphatic rings. The molecule has 37 heavy (non-hydrogen) atoms. The quantitative estimate of drug-likeness (QED) is 0.424. The Kier molecular flexibility index (Phi) is 7.72. The molecule has 7 heteroatoms. The van der Waals surface area contributed by atoms with Crippen LogP contribution in [-0.2, 0) is 0 Å². The van der Waals surface area contributed by atoms with E-state index < -0.39 is 0 Å². The molecule has 1 amide bonds. The Morgan fingerprint density at radius 2 is 1.84 bits per heavy atom. The maximum absolute atomic E-state index is 13.8. The normalized spacial score (nSPS) is 23.0. The van der Waals surface area contributed by atoms with Crippen molar-refractivity contribution >= 4 is 5.91 Å². The first kappa shape index (κ1) is 25.6. The smallest absolute Gasteiger partial charge is 0.289 e. The summed E-state index contributed by atoms with van der Waals surface area (Å²) in [5, 5.41) is 3.22. The van der Waals surface area contributed by atoms with Crippen LogP contribution in [0.25, 0.3) is 0 Å². The van der Waals surface area contributed by atoms with Crippen LogP contribution in [-0.4, -0.2) is 55.0 Å². The van der Waals surface area contributed by atoms with Crippen LogP contribution in [0.15, 0.2) is 65.1 Å². The van der Waals surface area contributed by atoms with Crippen molar-refractivity contribution in [3.63, 3.8) is 0 Å². The van der Waals surface area contributed by atoms with Gasteiger partial charge in [0.2, 0.25) is 0 Å². The van der Waals surface area contributed by atoms with Crippen molar-refractivity contribution in [1.82, 2.24) is 15.1 Å². The third-order valence-corrected chi connectivity index (χ3v) is 8.02. The van der Waals surface area contributed by atoms with Gasteiger partial charge in [-0.05, 0) is 86.3 Å². The first-order valence-corrected chi connectivity index (χ1v) is 13.3. The fourth-order valence-corrected chi connectivity index (χ4v) is 5.99. The SMILES string of the molecule is CCC(NC)c1ccc(C(=O)N2C[C@@H](c3ccc(F)cc3)C[C@H]2CN2CC[C@H](c3cccc(F)c3)C2)o1. The molecule has 3 aromatic rings. The van der Waals surface area contributed by atoms with E-state index in [2.05, 4.69) is 17.1 Å². The van der Waals surface area contributed by atoms with Crippen LogP contribution in [0.4, 0.5) is 8.78 Å². The number of carbonyl (C=O) groups excluding carboxylic acids is 1. The minimum atomic E-state index is -0.259. The van der Waals surface area contributed by atoms with E-state index in [1.54, 1.807) is 18.2 Å². The zero-order valence-electron chi connectivity index (χ0n) is 21.5. The number of halogens is 2. The fraction of sp³-hybridized carbons (Fsp3) is 0.433. The molecule has 0 bridgehead atoms. The van der Waals surface area contributed by atoms with Crippen molar-refractivity contribution in [2.45, 2.75) is 50.1 Å². The summed E-state index contributed by atoms with van der Waals surface area (Å²) in [6, 6.07) is 17.2. The lowest BCUT2D eigenvalue weighted by atomic mass is 9.96. The Bertz CT molecular complexity index is 1210. The van der Waals surface area contributed by atoms with E-state index in [0.717, 1.165) is 55.8 Å². The van der Waals surface area contributed by atoms with Gasteiger partial charge in [0.25, 0.3) is 5.91 Å². The third kappa shape index (κ3) is 5.63. The molecule has 2 aliphatic heterocycles. The summed E-state index contributed by atoms with van der Waals surface area (Å²) in [4.78, 5) is 18.0. The lowest BCUT2D eigenvalue weighted by Gasteiger charge is -2.28. The van der Waals surface area contributed by atoms with E-state index in [-0.39, 0.29) is 41.5 Å². The minimum Gasteiger partial charge on any atom is -0.454 e. The largest absolute Gasteiger partial charge is 0.454 e. The number of carbonyl (C=O) groups is 1. The molecule has 0 saturated carbocycles. The molecule has 2 aromatic carbocycles. The second-order valence-electron chi connectivity index (χ2n) is 10.3. The molecule has 1 unspecified atom stereocenters. The van der Waals surface area contributed by atoms with Gasteiger partial charge >= 0.3 is 0 Å². The van der Waals surface area contributed by atoms with Crippen LogP contribution in [0.5, 0.6) is 0 Å². The predicted octanol–water partition coefficient (Wildman–Crippen LogP) is 5.72. The van der Waals surface area contributed by atoms with Gasteiger partial charge in [-0.3, -0.25) is 4.79 Å². The van der Waals surface area contributed by atoms with Gasteiger partial charge < -0.3 is 19.5 Å². The van der Waals surface area contributed by atoms with Crippen LogP contribution in [0.3, 0.4) is 0 Å². The number of hydrogen-bond acceptors (Lipinski definition) is 4. The Hall–Kier alpha value is -3.03. The average Bonchev–Trinajstić information content (AvgIpc) is 3.66. The summed E-state index contributed by atoms with van der Waals surface area (Å²) < 4.78 is 33.4. The predicted molar refractivity (Wildman–Crippen MR) is 140 cm³/mol. The number of amides is 1. The molecule has 1 aromatic heterocycles. The summed E-state index contributed by atoms with van der Waals surface area (Å²) in [6.45, 7) is 5.13. The number of rotatable bonds is 8. The summed E-state index contributed by atoms with van der Waals surface area (Å²) in [5.74, 6) is 0.967. The summed E-state index contributed by atoms with van der Waals surface area (Å²) in [6.07, 6.45) is 2.63. The molecule has 1 N–H and O–H groups in total. The van der Waals surface area contributed by atoms with Crippen molar-refractivity contribution in [2.75, 3.05) is 33.2 Å². The molecule has 0 aliphatic carbocycles. The summed E-state index contributed by atoms with van der Waals surface area (Å²) in [5.41, 5.74) is 2.08. The number of benzene rings is 2. The van der Waals surface area contributed by atoms with Crippen LogP contribution in [0.1, 0.15) is 71.5 Å². The summed E-state index contributed by atoms with van der Waals surface area (Å²) >= 11 is 0. The number of hydrogen-bond donors (Lipinski definition) is 1. The molecular formula is C30H35F2N3O2. The van der Waals surface area contributed by atoms with E-state index in [9.17, 15) is 13.6 Å². The zero-order chi connectivity index (χ0) is 25.9. The van der Waals surface area contributed by atoms with Gasteiger partial charge in [-0.25, -0.2) is 8.78 Å². The van der Waals surface area contributed by atoms with Gasteiger partial charge in [-0.15, -0.1) is 0 Å². The van der Waals surface area contributed by atoms with Gasteiger partial charge in [0.15, 0.2) is 5.76 Å². The Morgan fingerprint density at radius 3 is 2.57 bits per heavy atom. The monoisotopic (exact) mass is 507 g/mol. The van der Waals surface area contributed by atoms with Gasteiger partial charge in [-0.1, -0.05) is 31.2 Å². The van der Waals surface area contributed by atoms with E-state index in [4.69, 9.17) is 4.42 Å². The second-order valence-corrected chi connectivity index (χ2v) is 10.3. The van der Waals surface area contributed by atoms with Gasteiger partial charge in [0, 0.05) is 31.6 Å². The molecule has 5 nitrogen and oxygen atoms in total. The molecular weight excluding hydrogens is 472 g/mol.